The highest BCUT2D eigenvalue weighted by molar-refractivity contribution is 7.09. The molecular formula is C12H21N3O2S. The summed E-state index contributed by atoms with van der Waals surface area (Å²) in [6.07, 6.45) is 0.721. The zero-order valence-corrected chi connectivity index (χ0v) is 11.9. The molecule has 0 aliphatic carbocycles. The summed E-state index contributed by atoms with van der Waals surface area (Å²) in [5.74, 6) is 0. The van der Waals surface area contributed by atoms with E-state index in [2.05, 4.69) is 36.4 Å². The van der Waals surface area contributed by atoms with Crippen molar-refractivity contribution < 1.29 is 9.90 Å². The average molecular weight is 271 g/mol. The standard InChI is InChI=1S/C12H21N3O2S/c1-12(2,3)10-15-9(8-18-10)4-5-13-11(17)14-6-7-16/h8,16H,4-7H2,1-3H3,(H2,13,14,17). The molecule has 0 bridgehead atoms. The van der Waals surface area contributed by atoms with E-state index in [9.17, 15) is 4.79 Å². The lowest BCUT2D eigenvalue weighted by atomic mass is 9.98. The lowest BCUT2D eigenvalue weighted by Gasteiger charge is -2.13. The van der Waals surface area contributed by atoms with Crippen molar-refractivity contribution >= 4 is 17.4 Å². The maximum Gasteiger partial charge on any atom is 0.314 e. The number of thiazole rings is 1. The molecule has 6 heteroatoms. The molecule has 1 rings (SSSR count). The van der Waals surface area contributed by atoms with Gasteiger partial charge in [-0.1, -0.05) is 20.8 Å². The van der Waals surface area contributed by atoms with E-state index in [1.54, 1.807) is 11.3 Å². The fourth-order valence-corrected chi connectivity index (χ4v) is 2.24. The molecule has 3 N–H and O–H groups in total. The van der Waals surface area contributed by atoms with Crippen molar-refractivity contribution in [2.45, 2.75) is 32.6 Å². The Bertz CT molecular complexity index is 385. The second-order valence-electron chi connectivity index (χ2n) is 5.05. The Labute approximate surface area is 112 Å². The summed E-state index contributed by atoms with van der Waals surface area (Å²) in [5.41, 5.74) is 1.09. The Morgan fingerprint density at radius 3 is 2.61 bits per heavy atom. The van der Waals surface area contributed by atoms with Gasteiger partial charge >= 0.3 is 6.03 Å². The molecule has 0 saturated heterocycles. The number of carbonyl (C=O) groups is 1. The Balaban J connectivity index is 2.32. The number of urea groups is 1. The Morgan fingerprint density at radius 2 is 2.06 bits per heavy atom. The third kappa shape index (κ3) is 5.01. The van der Waals surface area contributed by atoms with Gasteiger partial charge in [0.2, 0.25) is 0 Å². The van der Waals surface area contributed by atoms with Crippen LogP contribution >= 0.6 is 11.3 Å². The number of nitrogens with zero attached hydrogens (tertiary/aromatic N) is 1. The Morgan fingerprint density at radius 1 is 1.39 bits per heavy atom. The fourth-order valence-electron chi connectivity index (χ4n) is 1.30. The van der Waals surface area contributed by atoms with Crippen LogP contribution in [0.3, 0.4) is 0 Å². The number of amides is 2. The van der Waals surface area contributed by atoms with Crippen molar-refractivity contribution in [2.24, 2.45) is 0 Å². The molecule has 1 aromatic heterocycles. The van der Waals surface area contributed by atoms with E-state index in [-0.39, 0.29) is 24.6 Å². The molecule has 2 amide bonds. The molecule has 5 nitrogen and oxygen atoms in total. The maximum atomic E-state index is 11.2. The first-order valence-corrected chi connectivity index (χ1v) is 6.89. The molecule has 102 valence electrons. The first-order chi connectivity index (χ1) is 8.43. The van der Waals surface area contributed by atoms with Crippen LogP contribution in [0.4, 0.5) is 4.79 Å². The van der Waals surface area contributed by atoms with Gasteiger partial charge < -0.3 is 15.7 Å². The van der Waals surface area contributed by atoms with E-state index >= 15 is 0 Å². The van der Waals surface area contributed by atoms with Crippen LogP contribution in [0.2, 0.25) is 0 Å². The van der Waals surface area contributed by atoms with Crippen molar-refractivity contribution in [3.63, 3.8) is 0 Å². The molecule has 0 spiro atoms. The fraction of sp³-hybridized carbons (Fsp3) is 0.667. The minimum absolute atomic E-state index is 0.0472. The molecule has 0 aliphatic rings. The number of carbonyl (C=O) groups excluding carboxylic acids is 1. The summed E-state index contributed by atoms with van der Waals surface area (Å²) in [4.78, 5) is 15.8. The quantitative estimate of drug-likeness (QED) is 0.755. The van der Waals surface area contributed by atoms with Gasteiger partial charge in [0.15, 0.2) is 0 Å². The molecule has 0 unspecified atom stereocenters. The van der Waals surface area contributed by atoms with Crippen LogP contribution in [0.5, 0.6) is 0 Å². The van der Waals surface area contributed by atoms with Gasteiger partial charge in [-0.25, -0.2) is 9.78 Å². The first kappa shape index (κ1) is 14.9. The monoisotopic (exact) mass is 271 g/mol. The average Bonchev–Trinajstić information content (AvgIpc) is 2.74. The van der Waals surface area contributed by atoms with Gasteiger partial charge in [0.05, 0.1) is 17.3 Å². The zero-order valence-electron chi connectivity index (χ0n) is 11.1. The number of aliphatic hydroxyl groups is 1. The van der Waals surface area contributed by atoms with Crippen molar-refractivity contribution in [1.82, 2.24) is 15.6 Å². The predicted octanol–water partition coefficient (Wildman–Crippen LogP) is 1.27. The largest absolute Gasteiger partial charge is 0.395 e. The van der Waals surface area contributed by atoms with Crippen LogP contribution in [0, 0.1) is 0 Å². The summed E-state index contributed by atoms with van der Waals surface area (Å²) in [6.45, 7) is 7.18. The van der Waals surface area contributed by atoms with Crippen LogP contribution in [0.15, 0.2) is 5.38 Å². The second kappa shape index (κ2) is 6.70. The maximum absolute atomic E-state index is 11.2. The molecule has 0 radical (unpaired) electrons. The van der Waals surface area contributed by atoms with Gasteiger partial charge in [-0.2, -0.15) is 0 Å². The number of aromatic nitrogens is 1. The van der Waals surface area contributed by atoms with E-state index in [0.29, 0.717) is 6.54 Å². The van der Waals surface area contributed by atoms with Gasteiger partial charge in [-0.05, 0) is 0 Å². The normalized spacial score (nSPS) is 11.3. The topological polar surface area (TPSA) is 74.2 Å². The van der Waals surface area contributed by atoms with Crippen LogP contribution < -0.4 is 10.6 Å². The highest BCUT2D eigenvalue weighted by Gasteiger charge is 2.17. The number of hydrogen-bond donors (Lipinski definition) is 3. The number of rotatable bonds is 5. The second-order valence-corrected chi connectivity index (χ2v) is 5.91. The first-order valence-electron chi connectivity index (χ1n) is 6.01. The Kier molecular flexibility index (Phi) is 5.55. The summed E-state index contributed by atoms with van der Waals surface area (Å²) in [7, 11) is 0. The smallest absolute Gasteiger partial charge is 0.314 e. The summed E-state index contributed by atoms with van der Waals surface area (Å²) >= 11 is 1.66. The van der Waals surface area contributed by atoms with Gasteiger partial charge in [0.25, 0.3) is 0 Å². The molecule has 0 saturated carbocycles. The number of aliphatic hydroxyl groups excluding tert-OH is 1. The van der Waals surface area contributed by atoms with Crippen LogP contribution in [-0.2, 0) is 11.8 Å². The lowest BCUT2D eigenvalue weighted by molar-refractivity contribution is 0.234. The van der Waals surface area contributed by atoms with E-state index in [1.807, 2.05) is 5.38 Å². The highest BCUT2D eigenvalue weighted by Crippen LogP contribution is 2.25. The molecule has 0 atom stereocenters. The van der Waals surface area contributed by atoms with E-state index < -0.39 is 0 Å². The highest BCUT2D eigenvalue weighted by atomic mass is 32.1. The van der Waals surface area contributed by atoms with Gasteiger partial charge in [-0.15, -0.1) is 11.3 Å². The molecule has 0 fully saturated rings. The molecule has 1 aromatic rings. The van der Waals surface area contributed by atoms with Crippen LogP contribution in [0.25, 0.3) is 0 Å². The Hall–Kier alpha value is -1.14. The van der Waals surface area contributed by atoms with Gasteiger partial charge in [-0.3, -0.25) is 0 Å². The summed E-state index contributed by atoms with van der Waals surface area (Å²) < 4.78 is 0. The third-order valence-corrected chi connectivity index (χ3v) is 3.57. The van der Waals surface area contributed by atoms with Gasteiger partial charge in [0.1, 0.15) is 0 Å². The van der Waals surface area contributed by atoms with Gasteiger partial charge in [0, 0.05) is 30.3 Å². The molecule has 0 aromatic carbocycles. The minimum Gasteiger partial charge on any atom is -0.395 e. The van der Waals surface area contributed by atoms with Crippen LogP contribution in [-0.4, -0.2) is 35.8 Å². The number of hydrogen-bond acceptors (Lipinski definition) is 4. The van der Waals surface area contributed by atoms with Crippen LogP contribution in [0.1, 0.15) is 31.5 Å². The van der Waals surface area contributed by atoms with Crippen molar-refractivity contribution in [1.29, 1.82) is 0 Å². The zero-order chi connectivity index (χ0) is 13.6. The van der Waals surface area contributed by atoms with E-state index in [4.69, 9.17) is 5.11 Å². The van der Waals surface area contributed by atoms with Crippen molar-refractivity contribution in [3.8, 4) is 0 Å². The summed E-state index contributed by atoms with van der Waals surface area (Å²) in [5, 5.41) is 16.9. The van der Waals surface area contributed by atoms with Crippen molar-refractivity contribution in [3.05, 3.63) is 16.1 Å². The van der Waals surface area contributed by atoms with Crippen molar-refractivity contribution in [2.75, 3.05) is 19.7 Å². The number of nitrogens with one attached hydrogen (secondary N) is 2. The summed E-state index contributed by atoms with van der Waals surface area (Å²) in [6, 6.07) is -0.254. The molecule has 0 aliphatic heterocycles. The van der Waals surface area contributed by atoms with E-state index in [0.717, 1.165) is 17.1 Å². The molecule has 18 heavy (non-hydrogen) atoms. The molecular weight excluding hydrogens is 250 g/mol. The predicted molar refractivity (Wildman–Crippen MR) is 73.0 cm³/mol. The van der Waals surface area contributed by atoms with E-state index in [1.165, 1.54) is 0 Å². The minimum atomic E-state index is -0.254. The molecule has 1 heterocycles. The third-order valence-electron chi connectivity index (χ3n) is 2.26. The lowest BCUT2D eigenvalue weighted by Crippen LogP contribution is -2.38. The SMILES string of the molecule is CC(C)(C)c1nc(CCNC(=O)NCCO)cs1.